The van der Waals surface area contributed by atoms with Crippen LogP contribution in [-0.2, 0) is 13.0 Å². The number of hydrogen-bond donors (Lipinski definition) is 1. The molecule has 3 rings (SSSR count). The maximum atomic E-state index is 5.94. The van der Waals surface area contributed by atoms with Crippen LogP contribution >= 0.6 is 11.6 Å². The lowest BCUT2D eigenvalue weighted by Gasteiger charge is -2.10. The Morgan fingerprint density at radius 1 is 1.44 bits per heavy atom. The van der Waals surface area contributed by atoms with Gasteiger partial charge in [-0.05, 0) is 23.8 Å². The zero-order chi connectivity index (χ0) is 12.4. The van der Waals surface area contributed by atoms with E-state index in [-0.39, 0.29) is 6.10 Å². The van der Waals surface area contributed by atoms with Gasteiger partial charge in [0.25, 0.3) is 0 Å². The number of nitrogens with one attached hydrogen (secondary N) is 1. The number of hydrogen-bond acceptors (Lipinski definition) is 5. The van der Waals surface area contributed by atoms with Crippen LogP contribution < -0.4 is 10.1 Å². The van der Waals surface area contributed by atoms with Crippen LogP contribution in [0.1, 0.15) is 11.4 Å². The van der Waals surface area contributed by atoms with Crippen molar-refractivity contribution in [3.8, 4) is 5.75 Å². The first-order valence-electron chi connectivity index (χ1n) is 5.72. The number of aromatic nitrogens is 2. The van der Waals surface area contributed by atoms with E-state index < -0.39 is 0 Å². The fraction of sp³-hybridized carbons (Fsp3) is 0.333. The van der Waals surface area contributed by atoms with Crippen molar-refractivity contribution in [1.29, 1.82) is 0 Å². The van der Waals surface area contributed by atoms with E-state index in [9.17, 15) is 0 Å². The molecule has 94 valence electrons. The van der Waals surface area contributed by atoms with Crippen molar-refractivity contribution in [2.45, 2.75) is 19.1 Å². The minimum Gasteiger partial charge on any atom is -0.488 e. The second-order valence-corrected chi connectivity index (χ2v) is 4.61. The maximum absolute atomic E-state index is 5.94. The smallest absolute Gasteiger partial charge is 0.213 e. The summed E-state index contributed by atoms with van der Waals surface area (Å²) >= 11 is 5.94. The van der Waals surface area contributed by atoms with Gasteiger partial charge in [0.1, 0.15) is 11.9 Å². The highest BCUT2D eigenvalue weighted by molar-refractivity contribution is 6.30. The van der Waals surface area contributed by atoms with Crippen molar-refractivity contribution in [3.05, 3.63) is 41.0 Å². The van der Waals surface area contributed by atoms with Crippen LogP contribution in [-0.4, -0.2) is 22.8 Å². The van der Waals surface area contributed by atoms with E-state index in [1.54, 1.807) is 0 Å². The Bertz CT molecular complexity index is 530. The van der Waals surface area contributed by atoms with Crippen molar-refractivity contribution in [1.82, 2.24) is 15.5 Å². The van der Waals surface area contributed by atoms with Gasteiger partial charge in [-0.3, -0.25) is 0 Å². The van der Waals surface area contributed by atoms with E-state index >= 15 is 0 Å². The molecule has 1 aliphatic heterocycles. The molecule has 0 fully saturated rings. The molecule has 0 saturated heterocycles. The van der Waals surface area contributed by atoms with Crippen LogP contribution in [0.15, 0.2) is 29.1 Å². The Labute approximate surface area is 109 Å². The normalized spacial score (nSPS) is 17.5. The van der Waals surface area contributed by atoms with Crippen LogP contribution in [0.25, 0.3) is 0 Å². The number of halogens is 1. The van der Waals surface area contributed by atoms with Crippen molar-refractivity contribution in [2.75, 3.05) is 6.54 Å². The lowest BCUT2D eigenvalue weighted by Crippen LogP contribution is -2.30. The standard InChI is InChI=1S/C12H12ClN3O2/c13-9-1-2-11-8(3-9)4-10(18-11)5-14-6-12-15-7-17-16-12/h1-3,7,10,14H,4-6H2. The second-order valence-electron chi connectivity index (χ2n) is 4.17. The summed E-state index contributed by atoms with van der Waals surface area (Å²) in [5.74, 6) is 1.57. The summed E-state index contributed by atoms with van der Waals surface area (Å²) in [5.41, 5.74) is 1.16. The average molecular weight is 266 g/mol. The van der Waals surface area contributed by atoms with Gasteiger partial charge < -0.3 is 14.6 Å². The molecule has 1 N–H and O–H groups in total. The zero-order valence-corrected chi connectivity index (χ0v) is 10.4. The molecule has 0 radical (unpaired) electrons. The molecule has 1 aromatic carbocycles. The number of ether oxygens (including phenoxy) is 1. The van der Waals surface area contributed by atoms with Crippen molar-refractivity contribution < 1.29 is 9.26 Å². The van der Waals surface area contributed by atoms with Gasteiger partial charge in [0.2, 0.25) is 6.39 Å². The van der Waals surface area contributed by atoms with Crippen LogP contribution in [0.4, 0.5) is 0 Å². The minimum absolute atomic E-state index is 0.130. The quantitative estimate of drug-likeness (QED) is 0.914. The third-order valence-electron chi connectivity index (χ3n) is 2.83. The van der Waals surface area contributed by atoms with Crippen LogP contribution in [0.5, 0.6) is 5.75 Å². The first-order valence-corrected chi connectivity index (χ1v) is 6.10. The van der Waals surface area contributed by atoms with E-state index in [2.05, 4.69) is 20.0 Å². The highest BCUT2D eigenvalue weighted by Crippen LogP contribution is 2.30. The minimum atomic E-state index is 0.130. The molecule has 2 heterocycles. The van der Waals surface area contributed by atoms with Gasteiger partial charge in [-0.25, -0.2) is 0 Å². The highest BCUT2D eigenvalue weighted by atomic mass is 35.5. The Morgan fingerprint density at radius 2 is 2.39 bits per heavy atom. The average Bonchev–Trinajstić information content (AvgIpc) is 2.97. The molecule has 5 nitrogen and oxygen atoms in total. The second kappa shape index (κ2) is 4.96. The molecule has 0 spiro atoms. The summed E-state index contributed by atoms with van der Waals surface area (Å²) in [4.78, 5) is 3.93. The van der Waals surface area contributed by atoms with Crippen LogP contribution in [0.3, 0.4) is 0 Å². The van der Waals surface area contributed by atoms with Gasteiger partial charge in [0.15, 0.2) is 5.82 Å². The summed E-state index contributed by atoms with van der Waals surface area (Å²) < 4.78 is 10.4. The molecule has 0 aliphatic carbocycles. The molecular formula is C12H12ClN3O2. The van der Waals surface area contributed by atoms with Crippen molar-refractivity contribution in [3.63, 3.8) is 0 Å². The fourth-order valence-electron chi connectivity index (χ4n) is 2.02. The zero-order valence-electron chi connectivity index (χ0n) is 9.60. The molecule has 0 saturated carbocycles. The molecule has 1 unspecified atom stereocenters. The van der Waals surface area contributed by atoms with Crippen LogP contribution in [0.2, 0.25) is 5.02 Å². The fourth-order valence-corrected chi connectivity index (χ4v) is 2.21. The lowest BCUT2D eigenvalue weighted by molar-refractivity contribution is 0.226. The SMILES string of the molecule is Clc1ccc2c(c1)CC(CNCc1ncon1)O2. The van der Waals surface area contributed by atoms with Crippen LogP contribution in [0, 0.1) is 0 Å². The Kier molecular flexibility index (Phi) is 3.17. The largest absolute Gasteiger partial charge is 0.488 e. The first-order chi connectivity index (χ1) is 8.81. The van der Waals surface area contributed by atoms with Crippen molar-refractivity contribution in [2.24, 2.45) is 0 Å². The predicted octanol–water partition coefficient (Wildman–Crippen LogP) is 1.82. The van der Waals surface area contributed by atoms with E-state index in [1.807, 2.05) is 18.2 Å². The molecule has 0 amide bonds. The molecule has 1 aliphatic rings. The van der Waals surface area contributed by atoms with Gasteiger partial charge in [0.05, 0.1) is 6.54 Å². The van der Waals surface area contributed by atoms with Crippen molar-refractivity contribution >= 4 is 11.6 Å². The van der Waals surface area contributed by atoms with Gasteiger partial charge in [0, 0.05) is 18.0 Å². The van der Waals surface area contributed by atoms with Gasteiger partial charge >= 0.3 is 0 Å². The topological polar surface area (TPSA) is 60.2 Å². The third-order valence-corrected chi connectivity index (χ3v) is 3.06. The molecule has 6 heteroatoms. The summed E-state index contributed by atoms with van der Waals surface area (Å²) in [5, 5.41) is 7.71. The van der Waals surface area contributed by atoms with E-state index in [1.165, 1.54) is 6.39 Å². The number of fused-ring (bicyclic) bond motifs is 1. The highest BCUT2D eigenvalue weighted by Gasteiger charge is 2.22. The Balaban J connectivity index is 1.52. The third kappa shape index (κ3) is 2.47. The van der Waals surface area contributed by atoms with Gasteiger partial charge in [-0.15, -0.1) is 0 Å². The van der Waals surface area contributed by atoms with Gasteiger partial charge in [-0.1, -0.05) is 16.8 Å². The van der Waals surface area contributed by atoms with Gasteiger partial charge in [-0.2, -0.15) is 4.98 Å². The number of benzene rings is 1. The summed E-state index contributed by atoms with van der Waals surface area (Å²) in [6.45, 7) is 1.31. The Hall–Kier alpha value is -1.59. The Morgan fingerprint density at radius 3 is 3.22 bits per heavy atom. The van der Waals surface area contributed by atoms with E-state index in [4.69, 9.17) is 16.3 Å². The molecule has 18 heavy (non-hydrogen) atoms. The lowest BCUT2D eigenvalue weighted by atomic mass is 10.1. The van der Waals surface area contributed by atoms with E-state index in [0.717, 1.165) is 29.3 Å². The number of rotatable bonds is 4. The molecule has 1 aromatic heterocycles. The number of nitrogens with zero attached hydrogens (tertiary/aromatic N) is 2. The summed E-state index contributed by atoms with van der Waals surface area (Å²) in [7, 11) is 0. The van der Waals surface area contributed by atoms with E-state index in [0.29, 0.717) is 12.4 Å². The molecule has 1 atom stereocenters. The predicted molar refractivity (Wildman–Crippen MR) is 65.6 cm³/mol. The summed E-state index contributed by atoms with van der Waals surface area (Å²) in [6, 6.07) is 5.71. The molecule has 0 bridgehead atoms. The molecule has 2 aromatic rings. The molecular weight excluding hydrogens is 254 g/mol. The first kappa shape index (κ1) is 11.5. The monoisotopic (exact) mass is 265 g/mol. The summed E-state index contributed by atoms with van der Waals surface area (Å²) in [6.07, 6.45) is 2.32. The maximum Gasteiger partial charge on any atom is 0.213 e.